The summed E-state index contributed by atoms with van der Waals surface area (Å²) >= 11 is 0. The summed E-state index contributed by atoms with van der Waals surface area (Å²) in [5.74, 6) is 0.329. The molecule has 4 heteroatoms. The first-order valence-electron chi connectivity index (χ1n) is 10.2. The number of aromatic amines is 1. The van der Waals surface area contributed by atoms with Gasteiger partial charge in [0.25, 0.3) is 5.56 Å². The van der Waals surface area contributed by atoms with E-state index in [1.54, 1.807) is 6.20 Å². The van der Waals surface area contributed by atoms with Gasteiger partial charge in [-0.15, -0.1) is 0 Å². The summed E-state index contributed by atoms with van der Waals surface area (Å²) in [6.45, 7) is 2.27. The van der Waals surface area contributed by atoms with Gasteiger partial charge >= 0.3 is 0 Å². The third-order valence-electron chi connectivity index (χ3n) is 4.74. The molecule has 0 aliphatic rings. The van der Waals surface area contributed by atoms with E-state index >= 15 is 0 Å². The molecule has 0 bridgehead atoms. The van der Waals surface area contributed by atoms with Gasteiger partial charge in [0.2, 0.25) is 0 Å². The molecule has 0 radical (unpaired) electrons. The lowest BCUT2D eigenvalue weighted by Crippen LogP contribution is -2.12. The van der Waals surface area contributed by atoms with Gasteiger partial charge in [-0.2, -0.15) is 0 Å². The zero-order valence-electron chi connectivity index (χ0n) is 16.1. The van der Waals surface area contributed by atoms with Crippen molar-refractivity contribution in [1.29, 1.82) is 0 Å². The third kappa shape index (κ3) is 7.85. The normalized spacial score (nSPS) is 10.8. The van der Waals surface area contributed by atoms with Gasteiger partial charge in [0.1, 0.15) is 0 Å². The number of rotatable bonds is 13. The van der Waals surface area contributed by atoms with Crippen LogP contribution in [0.1, 0.15) is 76.7 Å². The zero-order chi connectivity index (χ0) is 18.5. The van der Waals surface area contributed by atoms with Crippen LogP contribution < -0.4 is 10.9 Å². The highest BCUT2D eigenvalue weighted by Gasteiger charge is 2.01. The summed E-state index contributed by atoms with van der Waals surface area (Å²) in [5, 5.41) is 3.05. The molecular weight excluding hydrogens is 322 g/mol. The highest BCUT2D eigenvalue weighted by Crippen LogP contribution is 2.16. The number of hydrogen-bond donors (Lipinski definition) is 2. The molecule has 2 aromatic rings. The number of anilines is 2. The predicted octanol–water partition coefficient (Wildman–Crippen LogP) is 5.98. The highest BCUT2D eigenvalue weighted by atomic mass is 16.1. The SMILES string of the molecule is CCCCCCCCCCCCc1ccc(Nc2ncc[nH]c2=O)cc1. The molecule has 1 aromatic carbocycles. The molecule has 0 spiro atoms. The average Bonchev–Trinajstić information content (AvgIpc) is 2.66. The summed E-state index contributed by atoms with van der Waals surface area (Å²) in [6, 6.07) is 8.29. The third-order valence-corrected chi connectivity index (χ3v) is 4.74. The Bertz CT molecular complexity index is 664. The van der Waals surface area contributed by atoms with Gasteiger partial charge in [-0.1, -0.05) is 76.8 Å². The molecule has 0 unspecified atom stereocenters. The maximum Gasteiger partial charge on any atom is 0.291 e. The van der Waals surface area contributed by atoms with Crippen LogP contribution >= 0.6 is 0 Å². The number of nitrogens with one attached hydrogen (secondary N) is 2. The number of unbranched alkanes of at least 4 members (excludes halogenated alkanes) is 9. The first kappa shape index (κ1) is 20.2. The molecule has 0 saturated heterocycles. The van der Waals surface area contributed by atoms with E-state index in [2.05, 4.69) is 34.3 Å². The van der Waals surface area contributed by atoms with Crippen molar-refractivity contribution < 1.29 is 0 Å². The predicted molar refractivity (Wildman–Crippen MR) is 110 cm³/mol. The van der Waals surface area contributed by atoms with Crippen LogP contribution in [-0.2, 0) is 6.42 Å². The standard InChI is InChI=1S/C22H33N3O/c1-2-3-4-5-6-7-8-9-10-11-12-19-13-15-20(16-14-19)25-21-22(26)24-18-17-23-21/h13-18H,2-12H2,1H3,(H,23,25)(H,24,26). The lowest BCUT2D eigenvalue weighted by molar-refractivity contribution is 0.556. The van der Waals surface area contributed by atoms with Crippen molar-refractivity contribution in [1.82, 2.24) is 9.97 Å². The first-order valence-corrected chi connectivity index (χ1v) is 10.2. The largest absolute Gasteiger partial charge is 0.336 e. The molecule has 0 aliphatic carbocycles. The fourth-order valence-corrected chi connectivity index (χ4v) is 3.15. The number of benzene rings is 1. The Labute approximate surface area is 157 Å². The molecule has 26 heavy (non-hydrogen) atoms. The van der Waals surface area contributed by atoms with E-state index in [1.807, 2.05) is 12.1 Å². The van der Waals surface area contributed by atoms with Crippen molar-refractivity contribution in [3.63, 3.8) is 0 Å². The quantitative estimate of drug-likeness (QED) is 0.435. The van der Waals surface area contributed by atoms with Crippen LogP contribution in [-0.4, -0.2) is 9.97 Å². The average molecular weight is 356 g/mol. The van der Waals surface area contributed by atoms with Crippen molar-refractivity contribution in [3.8, 4) is 0 Å². The van der Waals surface area contributed by atoms with Gasteiger partial charge in [-0.25, -0.2) is 4.98 Å². The fourth-order valence-electron chi connectivity index (χ4n) is 3.15. The van der Waals surface area contributed by atoms with E-state index in [0.29, 0.717) is 5.82 Å². The summed E-state index contributed by atoms with van der Waals surface area (Å²) in [7, 11) is 0. The molecule has 0 fully saturated rings. The second-order valence-electron chi connectivity index (χ2n) is 7.02. The lowest BCUT2D eigenvalue weighted by atomic mass is 10.0. The molecule has 4 nitrogen and oxygen atoms in total. The summed E-state index contributed by atoms with van der Waals surface area (Å²) in [5.41, 5.74) is 2.04. The van der Waals surface area contributed by atoms with Gasteiger partial charge in [0, 0.05) is 18.1 Å². The number of aromatic nitrogens is 2. The monoisotopic (exact) mass is 355 g/mol. The van der Waals surface area contributed by atoms with Gasteiger partial charge in [0.05, 0.1) is 0 Å². The minimum atomic E-state index is -0.207. The Balaban J connectivity index is 1.58. The Morgan fingerprint density at radius 3 is 2.12 bits per heavy atom. The Kier molecular flexibility index (Phi) is 9.55. The molecule has 142 valence electrons. The van der Waals surface area contributed by atoms with Gasteiger partial charge < -0.3 is 10.3 Å². The van der Waals surface area contributed by atoms with E-state index < -0.39 is 0 Å². The van der Waals surface area contributed by atoms with Crippen LogP contribution in [0.2, 0.25) is 0 Å². The fraction of sp³-hybridized carbons (Fsp3) is 0.545. The maximum atomic E-state index is 11.6. The molecule has 1 heterocycles. The maximum absolute atomic E-state index is 11.6. The van der Waals surface area contributed by atoms with Crippen LogP contribution in [0.25, 0.3) is 0 Å². The molecular formula is C22H33N3O. The van der Waals surface area contributed by atoms with Crippen LogP contribution in [0.3, 0.4) is 0 Å². The van der Waals surface area contributed by atoms with Crippen LogP contribution in [0.15, 0.2) is 41.5 Å². The van der Waals surface area contributed by atoms with E-state index in [1.165, 1.54) is 76.0 Å². The molecule has 0 saturated carbocycles. The number of nitrogens with zero attached hydrogens (tertiary/aromatic N) is 1. The van der Waals surface area contributed by atoms with Crippen molar-refractivity contribution in [2.75, 3.05) is 5.32 Å². The summed E-state index contributed by atoms with van der Waals surface area (Å²) < 4.78 is 0. The smallest absolute Gasteiger partial charge is 0.291 e. The number of aryl methyl sites for hydroxylation is 1. The van der Waals surface area contributed by atoms with E-state index in [4.69, 9.17) is 0 Å². The molecule has 2 N–H and O–H groups in total. The minimum Gasteiger partial charge on any atom is -0.336 e. The van der Waals surface area contributed by atoms with Crippen LogP contribution in [0.5, 0.6) is 0 Å². The Morgan fingerprint density at radius 2 is 1.50 bits per heavy atom. The van der Waals surface area contributed by atoms with Crippen LogP contribution in [0.4, 0.5) is 11.5 Å². The van der Waals surface area contributed by atoms with Gasteiger partial charge in [-0.3, -0.25) is 4.79 Å². The molecule has 2 rings (SSSR count). The van der Waals surface area contributed by atoms with E-state index in [0.717, 1.165) is 12.1 Å². The van der Waals surface area contributed by atoms with Crippen molar-refractivity contribution in [2.45, 2.75) is 77.6 Å². The Hall–Kier alpha value is -2.10. The number of hydrogen-bond acceptors (Lipinski definition) is 3. The van der Waals surface area contributed by atoms with E-state index in [9.17, 15) is 4.79 Å². The zero-order valence-corrected chi connectivity index (χ0v) is 16.1. The van der Waals surface area contributed by atoms with Crippen molar-refractivity contribution >= 4 is 11.5 Å². The van der Waals surface area contributed by atoms with Gasteiger partial charge in [-0.05, 0) is 30.5 Å². The lowest BCUT2D eigenvalue weighted by Gasteiger charge is -2.06. The summed E-state index contributed by atoms with van der Waals surface area (Å²) in [4.78, 5) is 18.3. The topological polar surface area (TPSA) is 57.8 Å². The van der Waals surface area contributed by atoms with Crippen molar-refractivity contribution in [2.24, 2.45) is 0 Å². The van der Waals surface area contributed by atoms with Crippen molar-refractivity contribution in [3.05, 3.63) is 52.6 Å². The van der Waals surface area contributed by atoms with Crippen LogP contribution in [0, 0.1) is 0 Å². The molecule has 0 atom stereocenters. The number of H-pyrrole nitrogens is 1. The molecule has 1 aromatic heterocycles. The first-order chi connectivity index (χ1) is 12.8. The molecule has 0 amide bonds. The second-order valence-corrected chi connectivity index (χ2v) is 7.02. The van der Waals surface area contributed by atoms with E-state index in [-0.39, 0.29) is 5.56 Å². The summed E-state index contributed by atoms with van der Waals surface area (Å²) in [6.07, 6.45) is 17.9. The Morgan fingerprint density at radius 1 is 0.885 bits per heavy atom. The molecule has 0 aliphatic heterocycles. The highest BCUT2D eigenvalue weighted by molar-refractivity contribution is 5.55. The second kappa shape index (κ2) is 12.3. The van der Waals surface area contributed by atoms with Gasteiger partial charge in [0.15, 0.2) is 5.82 Å². The minimum absolute atomic E-state index is 0.207.